The number of nitro groups is 1. The number of fused-ring (bicyclic) bond motifs is 1. The third-order valence-electron chi connectivity index (χ3n) is 3.27. The van der Waals surface area contributed by atoms with E-state index >= 15 is 0 Å². The van der Waals surface area contributed by atoms with Crippen molar-refractivity contribution in [3.05, 3.63) is 63.9 Å². The van der Waals surface area contributed by atoms with Crippen molar-refractivity contribution in [1.29, 1.82) is 0 Å². The van der Waals surface area contributed by atoms with Gasteiger partial charge in [-0.05, 0) is 29.8 Å². The van der Waals surface area contributed by atoms with Crippen LogP contribution in [-0.4, -0.2) is 15.8 Å². The van der Waals surface area contributed by atoms with Crippen LogP contribution in [-0.2, 0) is 4.79 Å². The van der Waals surface area contributed by atoms with E-state index in [4.69, 9.17) is 4.42 Å². The number of hydrogen-bond donors (Lipinski definition) is 1. The summed E-state index contributed by atoms with van der Waals surface area (Å²) in [7, 11) is 0. The SMILES string of the molecule is CC(=O)Nc1cc(C=Cc2ccc([N+](=O)[O-])o2)c2ccccc2n1. The molecular weight excluding hydrogens is 310 g/mol. The fourth-order valence-electron chi connectivity index (χ4n) is 2.29. The van der Waals surface area contributed by atoms with Crippen molar-refractivity contribution in [2.75, 3.05) is 5.32 Å². The number of furan rings is 1. The van der Waals surface area contributed by atoms with E-state index in [-0.39, 0.29) is 11.8 Å². The molecule has 2 heterocycles. The number of aromatic nitrogens is 1. The summed E-state index contributed by atoms with van der Waals surface area (Å²) >= 11 is 0. The lowest BCUT2D eigenvalue weighted by Gasteiger charge is -2.07. The largest absolute Gasteiger partial charge is 0.433 e. The third-order valence-corrected chi connectivity index (χ3v) is 3.27. The number of benzene rings is 1. The summed E-state index contributed by atoms with van der Waals surface area (Å²) in [5.74, 6) is 0.275. The number of carbonyl (C=O) groups excluding carboxylic acids is 1. The second-order valence-corrected chi connectivity index (χ2v) is 5.06. The molecule has 7 nitrogen and oxygen atoms in total. The van der Waals surface area contributed by atoms with Crippen LogP contribution in [0.2, 0.25) is 0 Å². The van der Waals surface area contributed by atoms with E-state index in [0.717, 1.165) is 16.5 Å². The zero-order valence-electron chi connectivity index (χ0n) is 12.7. The molecule has 7 heteroatoms. The van der Waals surface area contributed by atoms with Crippen LogP contribution in [0.15, 0.2) is 46.9 Å². The number of hydrogen-bond acceptors (Lipinski definition) is 5. The minimum atomic E-state index is -0.589. The Balaban J connectivity index is 2.01. The number of rotatable bonds is 4. The topological polar surface area (TPSA) is 98.3 Å². The number of nitrogens with one attached hydrogen (secondary N) is 1. The van der Waals surface area contributed by atoms with Gasteiger partial charge in [0.15, 0.2) is 0 Å². The smallest absolute Gasteiger partial charge is 0.401 e. The minimum Gasteiger partial charge on any atom is -0.401 e. The molecule has 0 saturated heterocycles. The first-order chi connectivity index (χ1) is 11.5. The van der Waals surface area contributed by atoms with Gasteiger partial charge in [0.1, 0.15) is 16.5 Å². The van der Waals surface area contributed by atoms with Crippen LogP contribution in [0.3, 0.4) is 0 Å². The van der Waals surface area contributed by atoms with Crippen molar-refractivity contribution in [2.45, 2.75) is 6.92 Å². The van der Waals surface area contributed by atoms with Crippen LogP contribution < -0.4 is 5.32 Å². The second kappa shape index (κ2) is 6.33. The molecule has 1 N–H and O–H groups in total. The minimum absolute atomic E-state index is 0.214. The quantitative estimate of drug-likeness (QED) is 0.580. The first-order valence-corrected chi connectivity index (χ1v) is 7.12. The van der Waals surface area contributed by atoms with Gasteiger partial charge in [-0.15, -0.1) is 0 Å². The molecule has 0 fully saturated rings. The van der Waals surface area contributed by atoms with Gasteiger partial charge < -0.3 is 9.73 Å². The van der Waals surface area contributed by atoms with Gasteiger partial charge in [0.2, 0.25) is 5.91 Å². The summed E-state index contributed by atoms with van der Waals surface area (Å²) in [5.41, 5.74) is 1.54. The Morgan fingerprint density at radius 3 is 2.75 bits per heavy atom. The van der Waals surface area contributed by atoms with Gasteiger partial charge in [0.25, 0.3) is 0 Å². The first-order valence-electron chi connectivity index (χ1n) is 7.12. The molecule has 0 aliphatic heterocycles. The van der Waals surface area contributed by atoms with Gasteiger partial charge in [-0.3, -0.25) is 14.9 Å². The summed E-state index contributed by atoms with van der Waals surface area (Å²) in [6, 6.07) is 12.0. The van der Waals surface area contributed by atoms with E-state index in [1.807, 2.05) is 24.3 Å². The number of nitrogens with zero attached hydrogens (tertiary/aromatic N) is 2. The molecule has 0 saturated carbocycles. The molecule has 3 rings (SSSR count). The Hall–Kier alpha value is -3.48. The van der Waals surface area contributed by atoms with Crippen molar-refractivity contribution in [3.8, 4) is 0 Å². The van der Waals surface area contributed by atoms with Crippen molar-refractivity contribution in [2.24, 2.45) is 0 Å². The molecule has 0 unspecified atom stereocenters. The lowest BCUT2D eigenvalue weighted by atomic mass is 10.1. The van der Waals surface area contributed by atoms with Crippen molar-refractivity contribution >= 4 is 40.7 Å². The average Bonchev–Trinajstić information content (AvgIpc) is 3.01. The van der Waals surface area contributed by atoms with Gasteiger partial charge >= 0.3 is 5.88 Å². The highest BCUT2D eigenvalue weighted by Crippen LogP contribution is 2.24. The normalized spacial score (nSPS) is 11.0. The maximum Gasteiger partial charge on any atom is 0.433 e. The Morgan fingerprint density at radius 1 is 1.25 bits per heavy atom. The fourth-order valence-corrected chi connectivity index (χ4v) is 2.29. The molecule has 2 aromatic heterocycles. The zero-order chi connectivity index (χ0) is 17.1. The fraction of sp³-hybridized carbons (Fsp3) is 0.0588. The van der Waals surface area contributed by atoms with E-state index < -0.39 is 4.92 Å². The van der Waals surface area contributed by atoms with E-state index in [2.05, 4.69) is 10.3 Å². The van der Waals surface area contributed by atoms with E-state index in [0.29, 0.717) is 11.6 Å². The lowest BCUT2D eigenvalue weighted by Crippen LogP contribution is -2.07. The van der Waals surface area contributed by atoms with Crippen molar-refractivity contribution < 1.29 is 14.1 Å². The molecule has 3 aromatic rings. The first kappa shape index (κ1) is 15.4. The standard InChI is InChI=1S/C17H13N3O4/c1-11(21)18-16-10-12(14-4-2-3-5-15(14)19-16)6-7-13-8-9-17(24-13)20(22)23/h2-10H,1H3,(H,18,19,21). The molecule has 0 spiro atoms. The van der Waals surface area contributed by atoms with Gasteiger partial charge in [-0.1, -0.05) is 24.3 Å². The summed E-state index contributed by atoms with van der Waals surface area (Å²) in [6.07, 6.45) is 3.39. The average molecular weight is 323 g/mol. The maximum atomic E-state index is 11.3. The van der Waals surface area contributed by atoms with Gasteiger partial charge in [0, 0.05) is 12.3 Å². The predicted octanol–water partition coefficient (Wildman–Crippen LogP) is 3.86. The molecule has 0 aliphatic carbocycles. The van der Waals surface area contributed by atoms with E-state index in [1.165, 1.54) is 19.1 Å². The second-order valence-electron chi connectivity index (χ2n) is 5.06. The van der Waals surface area contributed by atoms with Crippen molar-refractivity contribution in [3.63, 3.8) is 0 Å². The molecule has 120 valence electrons. The molecule has 1 aromatic carbocycles. The summed E-state index contributed by atoms with van der Waals surface area (Å²) < 4.78 is 5.10. The summed E-state index contributed by atoms with van der Waals surface area (Å²) in [4.78, 5) is 25.7. The Bertz CT molecular complexity index is 959. The lowest BCUT2D eigenvalue weighted by molar-refractivity contribution is -0.402. The van der Waals surface area contributed by atoms with Gasteiger partial charge in [-0.25, -0.2) is 4.98 Å². The molecule has 0 aliphatic rings. The molecule has 1 amide bonds. The summed E-state index contributed by atoms with van der Waals surface area (Å²) in [5, 5.41) is 14.2. The van der Waals surface area contributed by atoms with E-state index in [9.17, 15) is 14.9 Å². The number of anilines is 1. The van der Waals surface area contributed by atoms with Crippen LogP contribution in [0, 0.1) is 10.1 Å². The predicted molar refractivity (Wildman–Crippen MR) is 90.3 cm³/mol. The number of para-hydroxylation sites is 1. The van der Waals surface area contributed by atoms with Crippen LogP contribution in [0.1, 0.15) is 18.2 Å². The third kappa shape index (κ3) is 3.30. The summed E-state index contributed by atoms with van der Waals surface area (Å²) in [6.45, 7) is 1.41. The highest BCUT2D eigenvalue weighted by atomic mass is 16.6. The number of amides is 1. The molecule has 0 radical (unpaired) electrons. The monoisotopic (exact) mass is 323 g/mol. The Labute approximate surface area is 136 Å². The van der Waals surface area contributed by atoms with Gasteiger partial charge in [0.05, 0.1) is 11.6 Å². The molecule has 0 bridgehead atoms. The van der Waals surface area contributed by atoms with Crippen LogP contribution in [0.5, 0.6) is 0 Å². The van der Waals surface area contributed by atoms with Crippen LogP contribution in [0.4, 0.5) is 11.7 Å². The Kier molecular flexibility index (Phi) is 4.07. The van der Waals surface area contributed by atoms with Gasteiger partial charge in [-0.2, -0.15) is 0 Å². The number of pyridine rings is 1. The van der Waals surface area contributed by atoms with E-state index in [1.54, 1.807) is 18.2 Å². The van der Waals surface area contributed by atoms with Crippen LogP contribution in [0.25, 0.3) is 23.1 Å². The highest BCUT2D eigenvalue weighted by molar-refractivity contribution is 5.95. The maximum absolute atomic E-state index is 11.3. The molecular formula is C17H13N3O4. The Morgan fingerprint density at radius 2 is 2.04 bits per heavy atom. The van der Waals surface area contributed by atoms with Crippen LogP contribution >= 0.6 is 0 Å². The number of carbonyl (C=O) groups is 1. The molecule has 0 atom stereocenters. The highest BCUT2D eigenvalue weighted by Gasteiger charge is 2.10. The molecule has 24 heavy (non-hydrogen) atoms. The van der Waals surface area contributed by atoms with Crippen molar-refractivity contribution in [1.82, 2.24) is 4.98 Å². The zero-order valence-corrected chi connectivity index (χ0v) is 12.7.